The van der Waals surface area contributed by atoms with Crippen LogP contribution in [0.5, 0.6) is 23.0 Å². The average Bonchev–Trinajstić information content (AvgIpc) is 2.87. The Balaban J connectivity index is 0.000000248. The second-order valence-corrected chi connectivity index (χ2v) is 7.36. The third-order valence-corrected chi connectivity index (χ3v) is 5.02. The summed E-state index contributed by atoms with van der Waals surface area (Å²) in [7, 11) is 4.83. The van der Waals surface area contributed by atoms with Gasteiger partial charge in [0.25, 0.3) is 0 Å². The lowest BCUT2D eigenvalue weighted by atomic mass is 10.1. The Morgan fingerprint density at radius 3 is 2.09 bits per heavy atom. The van der Waals surface area contributed by atoms with Crippen molar-refractivity contribution >= 4 is 12.4 Å². The molecule has 180 valence electrons. The highest BCUT2D eigenvalue weighted by Gasteiger charge is 2.07. The van der Waals surface area contributed by atoms with Gasteiger partial charge < -0.3 is 24.7 Å². The molecule has 0 amide bonds. The molecule has 0 spiro atoms. The smallest absolute Gasteiger partial charge is 0.161 e. The third kappa shape index (κ3) is 7.98. The van der Waals surface area contributed by atoms with E-state index in [-0.39, 0.29) is 0 Å². The highest BCUT2D eigenvalue weighted by atomic mass is 16.5. The number of hydrogen-bond acceptors (Lipinski definition) is 6. The lowest BCUT2D eigenvalue weighted by Gasteiger charge is -2.12. The molecular formula is C28H33NO5. The van der Waals surface area contributed by atoms with Gasteiger partial charge in [0.05, 0.1) is 21.3 Å². The third-order valence-electron chi connectivity index (χ3n) is 5.02. The maximum Gasteiger partial charge on any atom is 0.161 e. The summed E-state index contributed by atoms with van der Waals surface area (Å²) in [6, 6.07) is 19.7. The number of aldehydes is 1. The molecule has 3 aromatic carbocycles. The van der Waals surface area contributed by atoms with Crippen LogP contribution >= 0.6 is 0 Å². The molecule has 0 unspecified atom stereocenters. The Hall–Kier alpha value is -3.77. The SMILES string of the molecule is COc1cc(C)c(/C=C/C=O)cc1OC.COc1ccc(CCN)cc1OCc1ccccc1. The largest absolute Gasteiger partial charge is 0.493 e. The van der Waals surface area contributed by atoms with Crippen molar-refractivity contribution in [3.8, 4) is 23.0 Å². The van der Waals surface area contributed by atoms with Crippen LogP contribution in [0.2, 0.25) is 0 Å². The number of ether oxygens (including phenoxy) is 4. The molecular weight excluding hydrogens is 430 g/mol. The zero-order valence-corrected chi connectivity index (χ0v) is 20.2. The first-order valence-electron chi connectivity index (χ1n) is 10.9. The standard InChI is InChI=1S/C16H19NO2.C12H14O3/c1-18-15-8-7-13(9-10-17)11-16(15)19-12-14-5-3-2-4-6-14;1-9-7-11(14-2)12(15-3)8-10(9)5-4-6-13/h2-8,11H,9-10,12,17H2,1H3;4-8H,1-3H3/b;5-4+. The van der Waals surface area contributed by atoms with Crippen molar-refractivity contribution in [1.29, 1.82) is 0 Å². The van der Waals surface area contributed by atoms with Gasteiger partial charge >= 0.3 is 0 Å². The molecule has 34 heavy (non-hydrogen) atoms. The van der Waals surface area contributed by atoms with Crippen molar-refractivity contribution in [2.75, 3.05) is 27.9 Å². The van der Waals surface area contributed by atoms with E-state index >= 15 is 0 Å². The zero-order valence-electron chi connectivity index (χ0n) is 20.2. The fraction of sp³-hybridized carbons (Fsp3) is 0.250. The highest BCUT2D eigenvalue weighted by molar-refractivity contribution is 5.75. The topological polar surface area (TPSA) is 80.0 Å². The van der Waals surface area contributed by atoms with E-state index in [0.29, 0.717) is 24.7 Å². The van der Waals surface area contributed by atoms with Gasteiger partial charge in [-0.05, 0) is 72.5 Å². The van der Waals surface area contributed by atoms with Gasteiger partial charge in [-0.2, -0.15) is 0 Å². The number of benzene rings is 3. The van der Waals surface area contributed by atoms with Gasteiger partial charge in [-0.1, -0.05) is 42.5 Å². The number of rotatable bonds is 10. The molecule has 0 saturated carbocycles. The molecule has 6 heteroatoms. The summed E-state index contributed by atoms with van der Waals surface area (Å²) in [5.41, 5.74) is 9.84. The predicted octanol–water partition coefficient (Wildman–Crippen LogP) is 5.00. The number of allylic oxidation sites excluding steroid dienone is 1. The van der Waals surface area contributed by atoms with Crippen LogP contribution in [-0.2, 0) is 17.8 Å². The monoisotopic (exact) mass is 463 g/mol. The lowest BCUT2D eigenvalue weighted by molar-refractivity contribution is -0.104. The van der Waals surface area contributed by atoms with Crippen molar-refractivity contribution in [1.82, 2.24) is 0 Å². The second kappa shape index (κ2) is 14.4. The van der Waals surface area contributed by atoms with Gasteiger partial charge in [0.15, 0.2) is 23.0 Å². The van der Waals surface area contributed by atoms with Crippen molar-refractivity contribution in [2.24, 2.45) is 5.73 Å². The fourth-order valence-electron chi connectivity index (χ4n) is 3.21. The Kier molecular flexibility index (Phi) is 11.2. The second-order valence-electron chi connectivity index (χ2n) is 7.36. The molecule has 0 bridgehead atoms. The van der Waals surface area contributed by atoms with Crippen LogP contribution in [0.3, 0.4) is 0 Å². The summed E-state index contributed by atoms with van der Waals surface area (Å²) in [6.45, 7) is 3.11. The first-order chi connectivity index (χ1) is 16.6. The summed E-state index contributed by atoms with van der Waals surface area (Å²) < 4.78 is 21.5. The van der Waals surface area contributed by atoms with Crippen molar-refractivity contribution in [2.45, 2.75) is 20.0 Å². The number of hydrogen-bond donors (Lipinski definition) is 1. The summed E-state index contributed by atoms with van der Waals surface area (Å²) in [5.74, 6) is 2.86. The molecule has 3 aromatic rings. The number of nitrogens with two attached hydrogens (primary N) is 1. The minimum absolute atomic E-state index is 0.531. The number of carbonyl (C=O) groups is 1. The van der Waals surface area contributed by atoms with Gasteiger partial charge in [-0.25, -0.2) is 0 Å². The van der Waals surface area contributed by atoms with Crippen LogP contribution in [0.25, 0.3) is 6.08 Å². The molecule has 0 fully saturated rings. The molecule has 0 aliphatic heterocycles. The number of carbonyl (C=O) groups excluding carboxylic acids is 1. The molecule has 0 heterocycles. The van der Waals surface area contributed by atoms with Gasteiger partial charge in [0, 0.05) is 0 Å². The average molecular weight is 464 g/mol. The van der Waals surface area contributed by atoms with E-state index < -0.39 is 0 Å². The van der Waals surface area contributed by atoms with Crippen molar-refractivity contribution < 1.29 is 23.7 Å². The Bertz CT molecular complexity index is 1060. The molecule has 0 aliphatic carbocycles. The minimum Gasteiger partial charge on any atom is -0.493 e. The van der Waals surface area contributed by atoms with Gasteiger partial charge in [0.2, 0.25) is 0 Å². The van der Waals surface area contributed by atoms with Crippen molar-refractivity contribution in [3.05, 3.63) is 89.0 Å². The molecule has 0 atom stereocenters. The molecule has 0 saturated heterocycles. The van der Waals surface area contributed by atoms with E-state index in [2.05, 4.69) is 0 Å². The molecule has 0 aliphatic rings. The predicted molar refractivity (Wildman–Crippen MR) is 136 cm³/mol. The number of methoxy groups -OCH3 is 3. The van der Waals surface area contributed by atoms with Gasteiger partial charge in [-0.15, -0.1) is 0 Å². The van der Waals surface area contributed by atoms with E-state index in [1.807, 2.05) is 67.6 Å². The Morgan fingerprint density at radius 2 is 1.47 bits per heavy atom. The molecule has 0 radical (unpaired) electrons. The van der Waals surface area contributed by atoms with Gasteiger partial charge in [-0.3, -0.25) is 4.79 Å². The first-order valence-corrected chi connectivity index (χ1v) is 10.9. The van der Waals surface area contributed by atoms with Gasteiger partial charge in [0.1, 0.15) is 12.9 Å². The quantitative estimate of drug-likeness (QED) is 0.337. The van der Waals surface area contributed by atoms with Crippen LogP contribution in [0.1, 0.15) is 22.3 Å². The zero-order chi connectivity index (χ0) is 24.8. The van der Waals surface area contributed by atoms with Crippen LogP contribution in [0.4, 0.5) is 0 Å². The van der Waals surface area contributed by atoms with Crippen LogP contribution in [0, 0.1) is 6.92 Å². The van der Waals surface area contributed by atoms with Crippen LogP contribution in [0.15, 0.2) is 66.7 Å². The normalized spacial score (nSPS) is 10.3. The molecule has 0 aromatic heterocycles. The summed E-state index contributed by atoms with van der Waals surface area (Å²) in [6.07, 6.45) is 4.78. The van der Waals surface area contributed by atoms with E-state index in [1.54, 1.807) is 27.4 Å². The van der Waals surface area contributed by atoms with Crippen LogP contribution in [-0.4, -0.2) is 34.2 Å². The Labute approximate surface area is 201 Å². The van der Waals surface area contributed by atoms with Crippen molar-refractivity contribution in [3.63, 3.8) is 0 Å². The summed E-state index contributed by atoms with van der Waals surface area (Å²) in [5, 5.41) is 0. The number of aryl methyl sites for hydroxylation is 1. The first kappa shape index (κ1) is 26.5. The van der Waals surface area contributed by atoms with E-state index in [0.717, 1.165) is 46.5 Å². The molecule has 2 N–H and O–H groups in total. The lowest BCUT2D eigenvalue weighted by Crippen LogP contribution is -2.04. The fourth-order valence-corrected chi connectivity index (χ4v) is 3.21. The molecule has 3 rings (SSSR count). The van der Waals surface area contributed by atoms with Crippen LogP contribution < -0.4 is 24.7 Å². The Morgan fingerprint density at radius 1 is 0.794 bits per heavy atom. The maximum atomic E-state index is 10.2. The summed E-state index contributed by atoms with van der Waals surface area (Å²) in [4.78, 5) is 10.2. The molecule has 6 nitrogen and oxygen atoms in total. The highest BCUT2D eigenvalue weighted by Crippen LogP contribution is 2.31. The van der Waals surface area contributed by atoms with E-state index in [4.69, 9.17) is 24.7 Å². The minimum atomic E-state index is 0.531. The summed E-state index contributed by atoms with van der Waals surface area (Å²) >= 11 is 0. The maximum absolute atomic E-state index is 10.2. The van der Waals surface area contributed by atoms with E-state index in [1.165, 1.54) is 6.08 Å². The van der Waals surface area contributed by atoms with E-state index in [9.17, 15) is 4.79 Å².